The topological polar surface area (TPSA) is 51.6 Å². The van der Waals surface area contributed by atoms with Crippen molar-refractivity contribution in [3.05, 3.63) is 59.9 Å². The van der Waals surface area contributed by atoms with Crippen LogP contribution in [0.2, 0.25) is 0 Å². The molecule has 2 aromatic heterocycles. The number of hydrogen-bond donors (Lipinski definition) is 0. The Kier molecular flexibility index (Phi) is 2.82. The Labute approximate surface area is 127 Å². The number of fused-ring (bicyclic) bond motifs is 2. The monoisotopic (exact) mass is 286 g/mol. The van der Waals surface area contributed by atoms with E-state index in [1.165, 1.54) is 0 Å². The molecule has 0 unspecified atom stereocenters. The molecule has 2 aromatic carbocycles. The fraction of sp³-hybridized carbons (Fsp3) is 0.111. The minimum absolute atomic E-state index is 0.800. The van der Waals surface area contributed by atoms with Gasteiger partial charge in [0.1, 0.15) is 11.4 Å². The highest BCUT2D eigenvalue weighted by Crippen LogP contribution is 2.25. The fourth-order valence-corrected chi connectivity index (χ4v) is 2.63. The van der Waals surface area contributed by atoms with Gasteiger partial charge in [0.2, 0.25) is 0 Å². The Hall–Kier alpha value is -2.88. The van der Waals surface area contributed by atoms with Gasteiger partial charge < -0.3 is 0 Å². The van der Waals surface area contributed by atoms with Crippen LogP contribution in [0.4, 0.5) is 0 Å². The summed E-state index contributed by atoms with van der Waals surface area (Å²) in [6, 6.07) is 15.7. The first kappa shape index (κ1) is 12.8. The van der Waals surface area contributed by atoms with Crippen molar-refractivity contribution in [2.45, 2.75) is 13.8 Å². The quantitative estimate of drug-likeness (QED) is 0.533. The van der Waals surface area contributed by atoms with E-state index in [-0.39, 0.29) is 0 Å². The third kappa shape index (κ3) is 2.00. The first-order valence-electron chi connectivity index (χ1n) is 7.19. The lowest BCUT2D eigenvalue weighted by Crippen LogP contribution is -2.00. The maximum Gasteiger partial charge on any atom is 0.112 e. The molecule has 0 saturated carbocycles. The molecule has 4 heteroatoms. The summed E-state index contributed by atoms with van der Waals surface area (Å²) in [5, 5.41) is 0. The lowest BCUT2D eigenvalue weighted by atomic mass is 10.1. The van der Waals surface area contributed by atoms with Crippen LogP contribution in [0.3, 0.4) is 0 Å². The van der Waals surface area contributed by atoms with E-state index in [0.717, 1.165) is 44.8 Å². The van der Waals surface area contributed by atoms with Gasteiger partial charge in [-0.25, -0.2) is 19.9 Å². The summed E-state index contributed by atoms with van der Waals surface area (Å²) in [7, 11) is 0. The Morgan fingerprint density at radius 1 is 0.500 bits per heavy atom. The number of rotatable bonds is 1. The summed E-state index contributed by atoms with van der Waals surface area (Å²) in [4.78, 5) is 18.8. The van der Waals surface area contributed by atoms with Gasteiger partial charge in [-0.05, 0) is 38.1 Å². The zero-order valence-electron chi connectivity index (χ0n) is 12.4. The molecule has 0 atom stereocenters. The van der Waals surface area contributed by atoms with Crippen LogP contribution in [0.25, 0.3) is 33.5 Å². The van der Waals surface area contributed by atoms with Crippen LogP contribution >= 0.6 is 0 Å². The van der Waals surface area contributed by atoms with E-state index >= 15 is 0 Å². The van der Waals surface area contributed by atoms with Crippen LogP contribution in [0.1, 0.15) is 11.4 Å². The van der Waals surface area contributed by atoms with Crippen molar-refractivity contribution in [2.75, 3.05) is 0 Å². The molecule has 0 N–H and O–H groups in total. The molecular weight excluding hydrogens is 272 g/mol. The standard InChI is InChI=1S/C18H14N4/c1-11-17(21-15-9-5-3-7-13(15)19-11)18-12(2)20-14-8-4-6-10-16(14)22-18/h3-10H,1-2H3. The maximum atomic E-state index is 4.75. The lowest BCUT2D eigenvalue weighted by Gasteiger charge is -2.09. The van der Waals surface area contributed by atoms with Gasteiger partial charge in [0.25, 0.3) is 0 Å². The fourth-order valence-electron chi connectivity index (χ4n) is 2.63. The van der Waals surface area contributed by atoms with Gasteiger partial charge in [-0.1, -0.05) is 24.3 Å². The van der Waals surface area contributed by atoms with Crippen molar-refractivity contribution in [3.63, 3.8) is 0 Å². The van der Waals surface area contributed by atoms with Gasteiger partial charge >= 0.3 is 0 Å². The average Bonchev–Trinajstić information content (AvgIpc) is 2.54. The number of aryl methyl sites for hydroxylation is 2. The van der Waals surface area contributed by atoms with Crippen molar-refractivity contribution in [3.8, 4) is 11.4 Å². The van der Waals surface area contributed by atoms with Crippen LogP contribution in [0.5, 0.6) is 0 Å². The summed E-state index contributed by atoms with van der Waals surface area (Å²) in [5.74, 6) is 0. The Bertz CT molecular complexity index is 925. The minimum Gasteiger partial charge on any atom is -0.249 e. The highest BCUT2D eigenvalue weighted by Gasteiger charge is 2.13. The molecule has 0 radical (unpaired) electrons. The Morgan fingerprint density at radius 2 is 0.818 bits per heavy atom. The van der Waals surface area contributed by atoms with Crippen LogP contribution < -0.4 is 0 Å². The Balaban J connectivity index is 2.02. The third-order valence-corrected chi connectivity index (χ3v) is 3.71. The minimum atomic E-state index is 0.800. The molecule has 0 saturated heterocycles. The predicted molar refractivity (Wildman–Crippen MR) is 87.5 cm³/mol. The van der Waals surface area contributed by atoms with Crippen molar-refractivity contribution in [2.24, 2.45) is 0 Å². The van der Waals surface area contributed by atoms with E-state index in [1.54, 1.807) is 0 Å². The molecule has 0 bridgehead atoms. The van der Waals surface area contributed by atoms with Crippen molar-refractivity contribution < 1.29 is 0 Å². The zero-order chi connectivity index (χ0) is 15.1. The van der Waals surface area contributed by atoms with Gasteiger partial charge in [-0.15, -0.1) is 0 Å². The average molecular weight is 286 g/mol. The molecule has 0 aliphatic rings. The number of benzene rings is 2. The summed E-state index contributed by atoms with van der Waals surface area (Å²) >= 11 is 0. The molecular formula is C18H14N4. The summed E-state index contributed by atoms with van der Waals surface area (Å²) < 4.78 is 0. The molecule has 0 aliphatic carbocycles. The van der Waals surface area contributed by atoms with Gasteiger partial charge in [0.05, 0.1) is 33.5 Å². The molecule has 0 spiro atoms. The van der Waals surface area contributed by atoms with E-state index < -0.39 is 0 Å². The van der Waals surface area contributed by atoms with Crippen LogP contribution in [0, 0.1) is 13.8 Å². The normalized spacial score (nSPS) is 11.2. The largest absolute Gasteiger partial charge is 0.249 e. The molecule has 22 heavy (non-hydrogen) atoms. The number of hydrogen-bond acceptors (Lipinski definition) is 4. The highest BCUT2D eigenvalue weighted by molar-refractivity contribution is 5.81. The van der Waals surface area contributed by atoms with E-state index in [0.29, 0.717) is 0 Å². The van der Waals surface area contributed by atoms with E-state index in [2.05, 4.69) is 9.97 Å². The molecule has 4 nitrogen and oxygen atoms in total. The number of nitrogens with zero attached hydrogens (tertiary/aromatic N) is 4. The summed E-state index contributed by atoms with van der Waals surface area (Å²) in [6.45, 7) is 3.93. The number of para-hydroxylation sites is 4. The van der Waals surface area contributed by atoms with Gasteiger partial charge in [-0.3, -0.25) is 0 Å². The van der Waals surface area contributed by atoms with E-state index in [4.69, 9.17) is 9.97 Å². The Morgan fingerprint density at radius 3 is 1.18 bits per heavy atom. The third-order valence-electron chi connectivity index (χ3n) is 3.71. The predicted octanol–water partition coefficient (Wildman–Crippen LogP) is 3.86. The molecule has 4 aromatic rings. The maximum absolute atomic E-state index is 4.75. The molecule has 2 heterocycles. The second-order valence-corrected chi connectivity index (χ2v) is 5.29. The van der Waals surface area contributed by atoms with Crippen LogP contribution in [0.15, 0.2) is 48.5 Å². The molecule has 0 aliphatic heterocycles. The molecule has 106 valence electrons. The molecule has 0 amide bonds. The zero-order valence-corrected chi connectivity index (χ0v) is 12.4. The first-order chi connectivity index (χ1) is 10.7. The van der Waals surface area contributed by atoms with Gasteiger partial charge in [0.15, 0.2) is 0 Å². The van der Waals surface area contributed by atoms with E-state index in [9.17, 15) is 0 Å². The summed E-state index contributed by atoms with van der Waals surface area (Å²) in [5.41, 5.74) is 6.88. The van der Waals surface area contributed by atoms with Gasteiger partial charge in [-0.2, -0.15) is 0 Å². The lowest BCUT2D eigenvalue weighted by molar-refractivity contribution is 1.13. The second-order valence-electron chi connectivity index (χ2n) is 5.29. The van der Waals surface area contributed by atoms with Crippen molar-refractivity contribution in [1.82, 2.24) is 19.9 Å². The smallest absolute Gasteiger partial charge is 0.112 e. The van der Waals surface area contributed by atoms with Crippen molar-refractivity contribution >= 4 is 22.1 Å². The SMILES string of the molecule is Cc1nc2ccccc2nc1-c1nc2ccccc2nc1C. The number of aromatic nitrogens is 4. The first-order valence-corrected chi connectivity index (χ1v) is 7.19. The highest BCUT2D eigenvalue weighted by atomic mass is 14.9. The van der Waals surface area contributed by atoms with Crippen LogP contribution in [-0.4, -0.2) is 19.9 Å². The molecule has 0 fully saturated rings. The van der Waals surface area contributed by atoms with E-state index in [1.807, 2.05) is 62.4 Å². The second kappa shape index (κ2) is 4.84. The molecule has 4 rings (SSSR count). The van der Waals surface area contributed by atoms with Crippen molar-refractivity contribution in [1.29, 1.82) is 0 Å². The summed E-state index contributed by atoms with van der Waals surface area (Å²) in [6.07, 6.45) is 0. The van der Waals surface area contributed by atoms with Crippen LogP contribution in [-0.2, 0) is 0 Å². The van der Waals surface area contributed by atoms with Gasteiger partial charge in [0, 0.05) is 0 Å².